The minimum Gasteiger partial charge on any atom is -0.497 e. The van der Waals surface area contributed by atoms with Crippen LogP contribution in [-0.2, 0) is 19.4 Å². The Kier molecular flexibility index (Phi) is 8.46. The zero-order valence-electron chi connectivity index (χ0n) is 20.5. The van der Waals surface area contributed by atoms with Gasteiger partial charge in [-0.25, -0.2) is 4.79 Å². The summed E-state index contributed by atoms with van der Waals surface area (Å²) >= 11 is 6.45. The van der Waals surface area contributed by atoms with E-state index in [1.807, 2.05) is 50.2 Å². The molecule has 179 valence electrons. The SMILES string of the molecule is CCc1c([NH])cc(Cl)c(CC)c1NC(=O)N(Cc1ccc(OC)cc1)c1ccc(C(C)C)cc1. The van der Waals surface area contributed by atoms with Gasteiger partial charge in [0.1, 0.15) is 5.75 Å². The predicted octanol–water partition coefficient (Wildman–Crippen LogP) is 7.75. The number of anilines is 2. The largest absolute Gasteiger partial charge is 0.497 e. The number of rotatable bonds is 8. The van der Waals surface area contributed by atoms with Crippen molar-refractivity contribution in [3.05, 3.63) is 81.9 Å². The summed E-state index contributed by atoms with van der Waals surface area (Å²) in [5, 5.41) is 3.60. The number of amides is 2. The Bertz CT molecular complexity index is 1100. The Hall–Kier alpha value is -3.18. The molecule has 5 nitrogen and oxygen atoms in total. The molecule has 0 saturated heterocycles. The lowest BCUT2D eigenvalue weighted by atomic mass is 10.0. The molecule has 2 N–H and O–H groups in total. The molecule has 0 aliphatic heterocycles. The molecule has 34 heavy (non-hydrogen) atoms. The van der Waals surface area contributed by atoms with Gasteiger partial charge in [0.2, 0.25) is 0 Å². The smallest absolute Gasteiger partial charge is 0.326 e. The molecule has 3 aromatic rings. The highest BCUT2D eigenvalue weighted by Gasteiger charge is 2.22. The Labute approximate surface area is 207 Å². The van der Waals surface area contributed by atoms with Gasteiger partial charge in [0.25, 0.3) is 0 Å². The second-order valence-electron chi connectivity index (χ2n) is 8.56. The number of nitrogens with zero attached hydrogens (tertiary/aromatic N) is 1. The molecule has 0 aromatic heterocycles. The topological polar surface area (TPSA) is 65.4 Å². The molecular weight excluding hydrogens is 446 g/mol. The molecule has 0 heterocycles. The fourth-order valence-corrected chi connectivity index (χ4v) is 4.35. The van der Waals surface area contributed by atoms with Crippen molar-refractivity contribution < 1.29 is 9.53 Å². The number of ether oxygens (including phenoxy) is 1. The lowest BCUT2D eigenvalue weighted by molar-refractivity contribution is 0.256. The third-order valence-electron chi connectivity index (χ3n) is 6.04. The Morgan fingerprint density at radius 3 is 2.18 bits per heavy atom. The summed E-state index contributed by atoms with van der Waals surface area (Å²) in [5.74, 6) is 1.17. The summed E-state index contributed by atoms with van der Waals surface area (Å²) in [6.07, 6.45) is 1.28. The molecule has 0 atom stereocenters. The van der Waals surface area contributed by atoms with E-state index < -0.39 is 0 Å². The third-order valence-corrected chi connectivity index (χ3v) is 6.38. The molecule has 2 amide bonds. The number of methoxy groups -OCH3 is 1. The van der Waals surface area contributed by atoms with Crippen LogP contribution in [0.4, 0.5) is 21.9 Å². The van der Waals surface area contributed by atoms with E-state index in [-0.39, 0.29) is 6.03 Å². The van der Waals surface area contributed by atoms with Crippen LogP contribution in [-0.4, -0.2) is 13.1 Å². The van der Waals surface area contributed by atoms with E-state index >= 15 is 0 Å². The van der Waals surface area contributed by atoms with Crippen molar-refractivity contribution in [2.24, 2.45) is 0 Å². The first-order chi connectivity index (χ1) is 16.3. The van der Waals surface area contributed by atoms with Gasteiger partial charge in [0, 0.05) is 16.3 Å². The second-order valence-corrected chi connectivity index (χ2v) is 8.96. The van der Waals surface area contributed by atoms with Crippen molar-refractivity contribution in [2.75, 3.05) is 17.3 Å². The number of halogens is 1. The highest BCUT2D eigenvalue weighted by molar-refractivity contribution is 6.32. The molecule has 0 aliphatic rings. The molecule has 1 radical (unpaired) electrons. The van der Waals surface area contributed by atoms with Gasteiger partial charge in [0.05, 0.1) is 25.0 Å². The van der Waals surface area contributed by atoms with Crippen molar-refractivity contribution in [3.63, 3.8) is 0 Å². The van der Waals surface area contributed by atoms with Gasteiger partial charge in [-0.2, -0.15) is 0 Å². The van der Waals surface area contributed by atoms with Gasteiger partial charge in [-0.05, 0) is 65.8 Å². The predicted molar refractivity (Wildman–Crippen MR) is 142 cm³/mol. The number of carbonyl (C=O) groups excluding carboxylic acids is 1. The van der Waals surface area contributed by atoms with Crippen LogP contribution >= 0.6 is 11.6 Å². The summed E-state index contributed by atoms with van der Waals surface area (Å²) < 4.78 is 5.27. The van der Waals surface area contributed by atoms with Crippen LogP contribution < -0.4 is 20.7 Å². The second kappa shape index (κ2) is 11.3. The fourth-order valence-electron chi connectivity index (χ4n) is 4.01. The third kappa shape index (κ3) is 5.65. The van der Waals surface area contributed by atoms with E-state index in [9.17, 15) is 4.79 Å². The first-order valence-corrected chi connectivity index (χ1v) is 12.0. The number of carbonyl (C=O) groups is 1. The number of benzene rings is 3. The Balaban J connectivity index is 2.01. The standard InChI is InChI=1S/C28H33ClN3O2/c1-6-23-25(29)16-26(30)24(7-2)27(23)31-28(33)32(17-19-8-14-22(34-5)15-9-19)21-12-10-20(11-13-21)18(3)4/h8-16,18,30H,6-7,17H2,1-5H3,(H,31,33). The Morgan fingerprint density at radius 1 is 1.03 bits per heavy atom. The van der Waals surface area contributed by atoms with E-state index in [0.29, 0.717) is 41.7 Å². The molecular formula is C28H33ClN3O2. The minimum atomic E-state index is -0.265. The van der Waals surface area contributed by atoms with Gasteiger partial charge in [-0.15, -0.1) is 0 Å². The number of urea groups is 1. The van der Waals surface area contributed by atoms with Crippen LogP contribution in [0, 0.1) is 0 Å². The van der Waals surface area contributed by atoms with Crippen molar-refractivity contribution in [1.29, 1.82) is 0 Å². The van der Waals surface area contributed by atoms with E-state index in [1.165, 1.54) is 5.56 Å². The number of nitrogens with one attached hydrogen (secondary N) is 2. The molecule has 0 saturated carbocycles. The molecule has 0 bridgehead atoms. The van der Waals surface area contributed by atoms with E-state index in [1.54, 1.807) is 18.1 Å². The lowest BCUT2D eigenvalue weighted by Crippen LogP contribution is -2.35. The maximum Gasteiger partial charge on any atom is 0.326 e. The van der Waals surface area contributed by atoms with Crippen molar-refractivity contribution in [2.45, 2.75) is 53.0 Å². The van der Waals surface area contributed by atoms with Crippen LogP contribution in [0.3, 0.4) is 0 Å². The van der Waals surface area contributed by atoms with Crippen molar-refractivity contribution in [3.8, 4) is 5.75 Å². The zero-order valence-corrected chi connectivity index (χ0v) is 21.3. The van der Waals surface area contributed by atoms with Gasteiger partial charge >= 0.3 is 6.03 Å². The van der Waals surface area contributed by atoms with Crippen LogP contribution in [0.25, 0.3) is 0 Å². The molecule has 6 heteroatoms. The normalized spacial score (nSPS) is 10.9. The summed E-state index contributed by atoms with van der Waals surface area (Å²) in [6, 6.07) is 17.2. The van der Waals surface area contributed by atoms with Gasteiger partial charge in [-0.1, -0.05) is 63.6 Å². The Morgan fingerprint density at radius 2 is 1.65 bits per heavy atom. The van der Waals surface area contributed by atoms with Crippen LogP contribution in [0.5, 0.6) is 5.75 Å². The van der Waals surface area contributed by atoms with Gasteiger partial charge in [0.15, 0.2) is 0 Å². The summed E-state index contributed by atoms with van der Waals surface area (Å²) in [4.78, 5) is 15.4. The highest BCUT2D eigenvalue weighted by atomic mass is 35.5. The summed E-state index contributed by atoms with van der Waals surface area (Å²) in [5.41, 5.74) is 14.0. The van der Waals surface area contributed by atoms with Crippen molar-refractivity contribution >= 4 is 34.7 Å². The summed E-state index contributed by atoms with van der Waals surface area (Å²) in [6.45, 7) is 8.66. The van der Waals surface area contributed by atoms with Crippen LogP contribution in [0.15, 0.2) is 54.6 Å². The highest BCUT2D eigenvalue weighted by Crippen LogP contribution is 2.35. The first kappa shape index (κ1) is 25.4. The van der Waals surface area contributed by atoms with E-state index in [4.69, 9.17) is 22.1 Å². The minimum absolute atomic E-state index is 0.265. The van der Waals surface area contributed by atoms with Crippen LogP contribution in [0.2, 0.25) is 5.02 Å². The monoisotopic (exact) mass is 478 g/mol. The lowest BCUT2D eigenvalue weighted by Gasteiger charge is -2.26. The van der Waals surface area contributed by atoms with Crippen LogP contribution in [0.1, 0.15) is 55.9 Å². The molecule has 0 spiro atoms. The van der Waals surface area contributed by atoms with Crippen molar-refractivity contribution in [1.82, 2.24) is 5.73 Å². The molecule has 0 fully saturated rings. The quantitative estimate of drug-likeness (QED) is 0.359. The van der Waals surface area contributed by atoms with Gasteiger partial charge in [-0.3, -0.25) is 4.90 Å². The molecule has 3 rings (SSSR count). The number of hydrogen-bond acceptors (Lipinski definition) is 2. The van der Waals surface area contributed by atoms with Gasteiger partial charge < -0.3 is 15.8 Å². The fraction of sp³-hybridized carbons (Fsp3) is 0.321. The zero-order chi connectivity index (χ0) is 24.8. The summed E-state index contributed by atoms with van der Waals surface area (Å²) in [7, 11) is 1.63. The molecule has 0 unspecified atom stereocenters. The first-order valence-electron chi connectivity index (χ1n) is 11.7. The van der Waals surface area contributed by atoms with E-state index in [2.05, 4.69) is 31.3 Å². The molecule has 3 aromatic carbocycles. The average Bonchev–Trinajstić information content (AvgIpc) is 2.83. The van der Waals surface area contributed by atoms with E-state index in [0.717, 1.165) is 28.1 Å². The number of hydrogen-bond donors (Lipinski definition) is 1. The average molecular weight is 479 g/mol. The maximum absolute atomic E-state index is 13.7. The molecule has 0 aliphatic carbocycles. The maximum atomic E-state index is 13.7.